The fourth-order valence-corrected chi connectivity index (χ4v) is 7.17. The predicted octanol–water partition coefficient (Wildman–Crippen LogP) is 15.2. The summed E-state index contributed by atoms with van der Waals surface area (Å²) in [7, 11) is -4.78. The molecule has 0 aromatic heterocycles. The van der Waals surface area contributed by atoms with Gasteiger partial charge in [-0.25, -0.2) is 4.57 Å². The summed E-state index contributed by atoms with van der Waals surface area (Å²) in [5.41, 5.74) is 0. The number of hydrogen-bond acceptors (Lipinski definition) is 10. The topological polar surface area (TPSA) is 155 Å². The van der Waals surface area contributed by atoms with Gasteiger partial charge < -0.3 is 24.2 Å². The zero-order valence-corrected chi connectivity index (χ0v) is 44.3. The molecule has 0 spiro atoms. The van der Waals surface area contributed by atoms with Crippen molar-refractivity contribution >= 4 is 25.7 Å². The van der Waals surface area contributed by atoms with E-state index in [2.05, 4.69) is 124 Å². The van der Waals surface area contributed by atoms with E-state index in [9.17, 15) is 28.9 Å². The minimum atomic E-state index is -4.78. The Morgan fingerprint density at radius 3 is 1.26 bits per heavy atom. The van der Waals surface area contributed by atoms with Crippen LogP contribution >= 0.6 is 7.82 Å². The highest BCUT2D eigenvalue weighted by Crippen LogP contribution is 2.43. The summed E-state index contributed by atoms with van der Waals surface area (Å²) in [6, 6.07) is 0. The van der Waals surface area contributed by atoms with Crippen LogP contribution in [-0.4, -0.2) is 66.5 Å². The van der Waals surface area contributed by atoms with Gasteiger partial charge in [-0.2, -0.15) is 0 Å². The molecule has 2 N–H and O–H groups in total. The van der Waals surface area contributed by atoms with Crippen LogP contribution in [0, 0.1) is 0 Å². The van der Waals surface area contributed by atoms with E-state index in [4.69, 9.17) is 23.3 Å². The zero-order chi connectivity index (χ0) is 51.3. The van der Waals surface area contributed by atoms with Crippen LogP contribution in [-0.2, 0) is 42.2 Å². The molecule has 0 heterocycles. The van der Waals surface area contributed by atoms with E-state index in [-0.39, 0.29) is 25.9 Å². The first kappa shape index (κ1) is 65.9. The molecule has 0 aliphatic heterocycles. The number of ether oxygens (including phenoxy) is 3. The second-order valence-electron chi connectivity index (χ2n) is 16.9. The van der Waals surface area contributed by atoms with Gasteiger partial charge in [-0.05, 0) is 116 Å². The lowest BCUT2D eigenvalue weighted by Crippen LogP contribution is -2.30. The molecule has 3 unspecified atom stereocenters. The maximum absolute atomic E-state index is 12.9. The van der Waals surface area contributed by atoms with Gasteiger partial charge in [0, 0.05) is 19.3 Å². The molecule has 0 saturated heterocycles. The number of carbonyl (C=O) groups excluding carboxylic acids is 3. The number of rotatable bonds is 47. The van der Waals surface area contributed by atoms with Crippen molar-refractivity contribution in [1.82, 2.24) is 0 Å². The van der Waals surface area contributed by atoms with Crippen molar-refractivity contribution in [2.24, 2.45) is 0 Å². The quantitative estimate of drug-likeness (QED) is 0.0197. The maximum atomic E-state index is 12.9. The highest BCUT2D eigenvalue weighted by molar-refractivity contribution is 7.47. The van der Waals surface area contributed by atoms with Crippen LogP contribution in [0.15, 0.2) is 122 Å². The smallest absolute Gasteiger partial charge is 0.462 e. The number of aliphatic hydroxyl groups excluding tert-OH is 1. The van der Waals surface area contributed by atoms with Crippen LogP contribution in [0.25, 0.3) is 0 Å². The van der Waals surface area contributed by atoms with Crippen molar-refractivity contribution in [2.45, 2.75) is 200 Å². The third-order valence-electron chi connectivity index (χ3n) is 10.4. The average molecular weight is 997 g/mol. The Kier molecular flexibility index (Phi) is 48.2. The summed E-state index contributed by atoms with van der Waals surface area (Å²) in [4.78, 5) is 48.3. The predicted molar refractivity (Wildman–Crippen MR) is 288 cm³/mol. The maximum Gasteiger partial charge on any atom is 0.472 e. The van der Waals surface area contributed by atoms with E-state index in [0.29, 0.717) is 19.3 Å². The number of phosphoric ester groups is 1. The Morgan fingerprint density at radius 2 is 0.771 bits per heavy atom. The summed E-state index contributed by atoms with van der Waals surface area (Å²) in [6.07, 6.45) is 61.9. The molecule has 0 bridgehead atoms. The lowest BCUT2D eigenvalue weighted by Gasteiger charge is -2.21. The van der Waals surface area contributed by atoms with Crippen LogP contribution in [0.3, 0.4) is 0 Å². The molecule has 0 aromatic rings. The SMILES string of the molecule is CC/C=C\C/C=C\C/C=C\C/C=C\CCCCC(=O)OCC(COP(=O)(O)OCC(CO)OC(=O)CC/C=C\C/C=C\C/C=C\C/C=C\CC)OC(=O)CCCCCCC/C=C\C/C=C\CCCCC. The average Bonchev–Trinajstić information content (AvgIpc) is 3.35. The molecule has 70 heavy (non-hydrogen) atoms. The van der Waals surface area contributed by atoms with Crippen molar-refractivity contribution in [3.05, 3.63) is 122 Å². The number of phosphoric acid groups is 1. The van der Waals surface area contributed by atoms with Gasteiger partial charge in [-0.1, -0.05) is 174 Å². The highest BCUT2D eigenvalue weighted by Gasteiger charge is 2.28. The third kappa shape index (κ3) is 48.9. The van der Waals surface area contributed by atoms with Crippen LogP contribution < -0.4 is 0 Å². The first-order valence-corrected chi connectivity index (χ1v) is 27.9. The molecule has 3 atom stereocenters. The second-order valence-corrected chi connectivity index (χ2v) is 18.4. The Balaban J connectivity index is 4.91. The Hall–Kier alpha value is -4.12. The Bertz CT molecular complexity index is 1630. The largest absolute Gasteiger partial charge is 0.472 e. The van der Waals surface area contributed by atoms with Crippen LogP contribution in [0.4, 0.5) is 0 Å². The fraction of sp³-hybridized carbons (Fsp3) is 0.603. The summed E-state index contributed by atoms with van der Waals surface area (Å²) in [6.45, 7) is 4.20. The molecule has 0 aliphatic carbocycles. The molecule has 11 nitrogen and oxygen atoms in total. The van der Waals surface area contributed by atoms with E-state index < -0.39 is 57.8 Å². The van der Waals surface area contributed by atoms with Gasteiger partial charge in [0.25, 0.3) is 0 Å². The van der Waals surface area contributed by atoms with Gasteiger partial charge in [0.15, 0.2) is 6.10 Å². The van der Waals surface area contributed by atoms with E-state index >= 15 is 0 Å². The van der Waals surface area contributed by atoms with Gasteiger partial charge in [-0.3, -0.25) is 23.4 Å². The normalized spacial score (nSPS) is 14.4. The van der Waals surface area contributed by atoms with E-state index in [1.165, 1.54) is 19.3 Å². The third-order valence-corrected chi connectivity index (χ3v) is 11.3. The molecule has 0 saturated carbocycles. The molecule has 0 fully saturated rings. The zero-order valence-electron chi connectivity index (χ0n) is 43.4. The number of allylic oxidation sites excluding steroid dienone is 20. The number of esters is 3. The van der Waals surface area contributed by atoms with Crippen molar-refractivity contribution in [2.75, 3.05) is 26.4 Å². The second kappa shape index (κ2) is 51.2. The summed E-state index contributed by atoms with van der Waals surface area (Å²) >= 11 is 0. The van der Waals surface area contributed by atoms with Crippen molar-refractivity contribution < 1.29 is 52.2 Å². The number of unbranched alkanes of at least 4 members (excludes halogenated alkanes) is 10. The van der Waals surface area contributed by atoms with Crippen LogP contribution in [0.5, 0.6) is 0 Å². The first-order valence-electron chi connectivity index (χ1n) is 26.4. The lowest BCUT2D eigenvalue weighted by molar-refractivity contribution is -0.161. The Labute approximate surface area is 424 Å². The highest BCUT2D eigenvalue weighted by atomic mass is 31.2. The number of aliphatic hydroxyl groups is 1. The molecule has 0 rings (SSSR count). The minimum Gasteiger partial charge on any atom is -0.462 e. The van der Waals surface area contributed by atoms with E-state index in [0.717, 1.165) is 109 Å². The fourth-order valence-electron chi connectivity index (χ4n) is 6.39. The van der Waals surface area contributed by atoms with Gasteiger partial charge in [0.1, 0.15) is 12.7 Å². The van der Waals surface area contributed by atoms with Gasteiger partial charge in [-0.15, -0.1) is 0 Å². The molecule has 396 valence electrons. The van der Waals surface area contributed by atoms with E-state index in [1.54, 1.807) is 0 Å². The molecule has 0 aliphatic rings. The molecular weight excluding hydrogens is 904 g/mol. The summed E-state index contributed by atoms with van der Waals surface area (Å²) in [5.74, 6) is -1.64. The van der Waals surface area contributed by atoms with Crippen molar-refractivity contribution in [3.63, 3.8) is 0 Å². The van der Waals surface area contributed by atoms with E-state index in [1.807, 2.05) is 18.2 Å². The van der Waals surface area contributed by atoms with Crippen LogP contribution in [0.2, 0.25) is 0 Å². The monoisotopic (exact) mass is 997 g/mol. The number of hydrogen-bond donors (Lipinski definition) is 2. The standard InChI is InChI=1S/C58H93O11P/c1-4-7-10-13-16-19-22-25-27-30-32-35-38-41-44-47-56(60)65-51-55(69-58(62)49-46-43-40-37-34-31-28-26-23-20-17-14-11-8-5-2)53-67-70(63,64)66-52-54(50-59)68-57(61)48-45-42-39-36-33-29-24-21-18-15-12-9-6-3/h7,9-10,12,16-21,25-29,32-33,35,39,42,54-55,59H,4-6,8,11,13-15,22-24,30-31,34,36-38,40-41,43-53H2,1-3H3,(H,63,64)/b10-7-,12-9-,19-16-,20-17-,21-18-,27-25-,28-26-,33-29-,35-32-,42-39-. The Morgan fingerprint density at radius 1 is 0.414 bits per heavy atom. The molecule has 0 aromatic carbocycles. The van der Waals surface area contributed by atoms with Gasteiger partial charge >= 0.3 is 25.7 Å². The van der Waals surface area contributed by atoms with Crippen molar-refractivity contribution in [1.29, 1.82) is 0 Å². The minimum absolute atomic E-state index is 0.0459. The molecule has 12 heteroatoms. The molecule has 0 radical (unpaired) electrons. The summed E-state index contributed by atoms with van der Waals surface area (Å²) in [5, 5.41) is 9.76. The molecular formula is C58H93O11P. The summed E-state index contributed by atoms with van der Waals surface area (Å²) < 4.78 is 39.2. The number of carbonyl (C=O) groups is 3. The van der Waals surface area contributed by atoms with Crippen LogP contribution in [0.1, 0.15) is 188 Å². The van der Waals surface area contributed by atoms with Gasteiger partial charge in [0.05, 0.1) is 19.8 Å². The lowest BCUT2D eigenvalue weighted by atomic mass is 10.1. The van der Waals surface area contributed by atoms with Crippen molar-refractivity contribution in [3.8, 4) is 0 Å². The molecule has 0 amide bonds. The first-order chi connectivity index (χ1) is 34.2. The van der Waals surface area contributed by atoms with Gasteiger partial charge in [0.2, 0.25) is 0 Å².